The molecule has 2 N–H and O–H groups in total. The summed E-state index contributed by atoms with van der Waals surface area (Å²) in [6, 6.07) is 19.6. The Labute approximate surface area is 179 Å². The molecule has 0 saturated heterocycles. The quantitative estimate of drug-likeness (QED) is 0.577. The van der Waals surface area contributed by atoms with Crippen molar-refractivity contribution in [3.8, 4) is 11.1 Å². The van der Waals surface area contributed by atoms with Crippen molar-refractivity contribution in [2.75, 3.05) is 6.61 Å². The second-order valence-corrected chi connectivity index (χ2v) is 7.60. The van der Waals surface area contributed by atoms with Gasteiger partial charge in [-0.05, 0) is 34.7 Å². The van der Waals surface area contributed by atoms with Crippen molar-refractivity contribution in [3.63, 3.8) is 0 Å². The number of carbonyl (C=O) groups is 2. The average molecular weight is 419 g/mol. The van der Waals surface area contributed by atoms with Gasteiger partial charge in [-0.2, -0.15) is 0 Å². The van der Waals surface area contributed by atoms with Crippen LogP contribution in [0.2, 0.25) is 0 Å². The highest BCUT2D eigenvalue weighted by atomic mass is 19.1. The first-order valence-electron chi connectivity index (χ1n) is 10.0. The second kappa shape index (κ2) is 8.60. The largest absolute Gasteiger partial charge is 0.481 e. The van der Waals surface area contributed by atoms with Crippen LogP contribution in [0, 0.1) is 12.7 Å². The molecule has 1 amide bonds. The number of carboxylic acids is 1. The summed E-state index contributed by atoms with van der Waals surface area (Å²) in [6.07, 6.45) is -1.24. The van der Waals surface area contributed by atoms with Crippen LogP contribution in [0.15, 0.2) is 66.7 Å². The summed E-state index contributed by atoms with van der Waals surface area (Å²) in [6.45, 7) is 1.68. The standard InChI is InChI=1S/C25H22FNO4/c1-15-7-6-12-20(24(15)26)22(13-23(28)29)27-25(30)31-14-21-18-10-4-2-8-16(18)17-9-3-5-11-19(17)21/h2-12,21-22H,13-14H2,1H3,(H,27,30)(H,28,29)/t22-/m1/s1. The smallest absolute Gasteiger partial charge is 0.407 e. The summed E-state index contributed by atoms with van der Waals surface area (Å²) in [7, 11) is 0. The van der Waals surface area contributed by atoms with Crippen molar-refractivity contribution in [1.29, 1.82) is 0 Å². The Kier molecular flexibility index (Phi) is 5.71. The number of carboxylic acid groups (broad SMARTS) is 1. The lowest BCUT2D eigenvalue weighted by atomic mass is 9.98. The molecule has 1 aliphatic rings. The number of amides is 1. The lowest BCUT2D eigenvalue weighted by molar-refractivity contribution is -0.137. The van der Waals surface area contributed by atoms with Gasteiger partial charge >= 0.3 is 12.1 Å². The number of ether oxygens (including phenoxy) is 1. The Morgan fingerprint density at radius 2 is 1.61 bits per heavy atom. The molecular weight excluding hydrogens is 397 g/mol. The molecular formula is C25H22FNO4. The molecule has 3 aromatic rings. The van der Waals surface area contributed by atoms with Gasteiger partial charge in [0, 0.05) is 11.5 Å². The zero-order valence-electron chi connectivity index (χ0n) is 17.0. The van der Waals surface area contributed by atoms with E-state index >= 15 is 0 Å². The fourth-order valence-electron chi connectivity index (χ4n) is 4.13. The van der Waals surface area contributed by atoms with Crippen LogP contribution in [-0.4, -0.2) is 23.8 Å². The number of rotatable bonds is 6. The molecule has 0 radical (unpaired) electrons. The van der Waals surface area contributed by atoms with Gasteiger partial charge in [0.2, 0.25) is 0 Å². The van der Waals surface area contributed by atoms with Crippen LogP contribution in [0.3, 0.4) is 0 Å². The molecule has 1 aliphatic carbocycles. The molecule has 0 heterocycles. The van der Waals surface area contributed by atoms with Gasteiger partial charge in [0.05, 0.1) is 12.5 Å². The van der Waals surface area contributed by atoms with Gasteiger partial charge < -0.3 is 15.2 Å². The van der Waals surface area contributed by atoms with Crippen molar-refractivity contribution in [3.05, 3.63) is 94.8 Å². The number of hydrogen-bond acceptors (Lipinski definition) is 3. The fraction of sp³-hybridized carbons (Fsp3) is 0.200. The van der Waals surface area contributed by atoms with Crippen molar-refractivity contribution < 1.29 is 23.8 Å². The van der Waals surface area contributed by atoms with E-state index in [4.69, 9.17) is 4.74 Å². The van der Waals surface area contributed by atoms with Gasteiger partial charge in [-0.15, -0.1) is 0 Å². The van der Waals surface area contributed by atoms with Gasteiger partial charge in [-0.1, -0.05) is 66.7 Å². The number of hydrogen-bond donors (Lipinski definition) is 2. The molecule has 0 bridgehead atoms. The van der Waals surface area contributed by atoms with E-state index in [0.29, 0.717) is 5.56 Å². The molecule has 0 aromatic heterocycles. The van der Waals surface area contributed by atoms with Crippen molar-refractivity contribution in [2.24, 2.45) is 0 Å². The number of aliphatic carboxylic acids is 1. The summed E-state index contributed by atoms with van der Waals surface area (Å²) in [5.41, 5.74) is 4.86. The van der Waals surface area contributed by atoms with Gasteiger partial charge in [0.1, 0.15) is 12.4 Å². The molecule has 0 saturated carbocycles. The summed E-state index contributed by atoms with van der Waals surface area (Å²) < 4.78 is 20.0. The van der Waals surface area contributed by atoms with Crippen LogP contribution in [0.1, 0.15) is 40.6 Å². The minimum absolute atomic E-state index is 0.0932. The molecule has 6 heteroatoms. The van der Waals surface area contributed by atoms with Gasteiger partial charge in [-0.3, -0.25) is 4.79 Å². The van der Waals surface area contributed by atoms with E-state index in [2.05, 4.69) is 5.32 Å². The van der Waals surface area contributed by atoms with Gasteiger partial charge in [0.25, 0.3) is 0 Å². The monoisotopic (exact) mass is 419 g/mol. The molecule has 158 valence electrons. The summed E-state index contributed by atoms with van der Waals surface area (Å²) in [4.78, 5) is 23.8. The normalized spacial score (nSPS) is 13.2. The Morgan fingerprint density at radius 3 is 2.23 bits per heavy atom. The van der Waals surface area contributed by atoms with Gasteiger partial charge in [0.15, 0.2) is 0 Å². The van der Waals surface area contributed by atoms with Crippen molar-refractivity contribution in [2.45, 2.75) is 25.3 Å². The van der Waals surface area contributed by atoms with Crippen molar-refractivity contribution >= 4 is 12.1 Å². The van der Waals surface area contributed by atoms with Crippen LogP contribution in [-0.2, 0) is 9.53 Å². The summed E-state index contributed by atoms with van der Waals surface area (Å²) in [5, 5.41) is 11.7. The van der Waals surface area contributed by atoms with E-state index in [0.717, 1.165) is 22.3 Å². The average Bonchev–Trinajstić information content (AvgIpc) is 3.07. The Bertz CT molecular complexity index is 1100. The first-order chi connectivity index (χ1) is 15.0. The lowest BCUT2D eigenvalue weighted by Crippen LogP contribution is -2.32. The molecule has 31 heavy (non-hydrogen) atoms. The second-order valence-electron chi connectivity index (χ2n) is 7.60. The minimum atomic E-state index is -1.15. The highest BCUT2D eigenvalue weighted by Crippen LogP contribution is 2.44. The molecule has 0 spiro atoms. The maximum absolute atomic E-state index is 14.5. The molecule has 1 atom stereocenters. The lowest BCUT2D eigenvalue weighted by Gasteiger charge is -2.20. The van der Waals surface area contributed by atoms with Crippen LogP contribution in [0.4, 0.5) is 9.18 Å². The number of carbonyl (C=O) groups excluding carboxylic acids is 1. The Balaban J connectivity index is 1.50. The number of alkyl carbamates (subject to hydrolysis) is 1. The van der Waals surface area contributed by atoms with E-state index in [1.807, 2.05) is 48.5 Å². The van der Waals surface area contributed by atoms with Crippen LogP contribution in [0.5, 0.6) is 0 Å². The third-order valence-electron chi connectivity index (χ3n) is 5.61. The summed E-state index contributed by atoms with van der Waals surface area (Å²) in [5.74, 6) is -1.80. The Hall–Kier alpha value is -3.67. The van der Waals surface area contributed by atoms with Crippen LogP contribution in [0.25, 0.3) is 11.1 Å². The Morgan fingerprint density at radius 1 is 1.00 bits per heavy atom. The first kappa shape index (κ1) is 20.6. The number of nitrogens with one attached hydrogen (secondary N) is 1. The van der Waals surface area contributed by atoms with E-state index in [9.17, 15) is 19.1 Å². The molecule has 0 fully saturated rings. The minimum Gasteiger partial charge on any atom is -0.481 e. The first-order valence-corrected chi connectivity index (χ1v) is 10.0. The molecule has 5 nitrogen and oxygen atoms in total. The molecule has 0 aliphatic heterocycles. The highest BCUT2D eigenvalue weighted by Gasteiger charge is 2.29. The number of halogens is 1. The van der Waals surface area contributed by atoms with E-state index in [1.165, 1.54) is 6.07 Å². The van der Waals surface area contributed by atoms with E-state index < -0.39 is 30.3 Å². The number of aryl methyl sites for hydroxylation is 1. The zero-order chi connectivity index (χ0) is 22.0. The fourth-order valence-corrected chi connectivity index (χ4v) is 4.13. The number of fused-ring (bicyclic) bond motifs is 3. The van der Waals surface area contributed by atoms with Crippen LogP contribution >= 0.6 is 0 Å². The van der Waals surface area contributed by atoms with Crippen molar-refractivity contribution in [1.82, 2.24) is 5.32 Å². The third-order valence-corrected chi connectivity index (χ3v) is 5.61. The molecule has 4 rings (SSSR count). The number of benzene rings is 3. The molecule has 0 unspecified atom stereocenters. The predicted molar refractivity (Wildman–Crippen MR) is 114 cm³/mol. The predicted octanol–water partition coefficient (Wildman–Crippen LogP) is 5.19. The zero-order valence-corrected chi connectivity index (χ0v) is 17.0. The van der Waals surface area contributed by atoms with E-state index in [1.54, 1.807) is 19.1 Å². The molecule has 3 aromatic carbocycles. The maximum Gasteiger partial charge on any atom is 0.407 e. The third kappa shape index (κ3) is 4.14. The maximum atomic E-state index is 14.5. The topological polar surface area (TPSA) is 75.6 Å². The van der Waals surface area contributed by atoms with Gasteiger partial charge in [-0.25, -0.2) is 9.18 Å². The summed E-state index contributed by atoms with van der Waals surface area (Å²) >= 11 is 0. The highest BCUT2D eigenvalue weighted by molar-refractivity contribution is 5.79. The SMILES string of the molecule is Cc1cccc([C@@H](CC(=O)O)NC(=O)OCC2c3ccccc3-c3ccccc32)c1F. The van der Waals surface area contributed by atoms with E-state index in [-0.39, 0.29) is 18.1 Å². The van der Waals surface area contributed by atoms with Crippen LogP contribution < -0.4 is 5.32 Å².